The second-order valence-electron chi connectivity index (χ2n) is 28.5. The van der Waals surface area contributed by atoms with E-state index < -0.39 is 168 Å². The van der Waals surface area contributed by atoms with Crippen molar-refractivity contribution in [2.45, 2.75) is 222 Å². The van der Waals surface area contributed by atoms with Gasteiger partial charge in [0.2, 0.25) is 70.9 Å². The Morgan fingerprint density at radius 3 is 1.82 bits per heavy atom. The summed E-state index contributed by atoms with van der Waals surface area (Å²) in [6, 6.07) is -4.76. The summed E-state index contributed by atoms with van der Waals surface area (Å²) in [6.07, 6.45) is 7.25. The van der Waals surface area contributed by atoms with Crippen molar-refractivity contribution >= 4 is 70.9 Å². The van der Waals surface area contributed by atoms with E-state index in [1.165, 1.54) is 75.9 Å². The van der Waals surface area contributed by atoms with Crippen molar-refractivity contribution in [2.75, 3.05) is 95.2 Å². The maximum Gasteiger partial charge on any atom is 0.416 e. The zero-order valence-corrected chi connectivity index (χ0v) is 59.3. The van der Waals surface area contributed by atoms with Crippen molar-refractivity contribution in [3.05, 3.63) is 29.8 Å². The summed E-state index contributed by atoms with van der Waals surface area (Å²) in [5.74, 6) is -8.51. The van der Waals surface area contributed by atoms with Crippen LogP contribution >= 0.6 is 0 Å². The van der Waals surface area contributed by atoms with E-state index in [1.807, 2.05) is 6.92 Å². The van der Waals surface area contributed by atoms with Crippen LogP contribution < -0.4 is 20.7 Å². The molecule has 6 fully saturated rings. The second kappa shape index (κ2) is 35.0. The number of halogens is 3. The number of rotatable bonds is 10. The average Bonchev–Trinajstić information content (AvgIpc) is 1.39. The number of likely N-dealkylation sites (tertiary alicyclic amines) is 1. The molecule has 28 heteroatoms. The fourth-order valence-corrected chi connectivity index (χ4v) is 15.0. The molecule has 0 bridgehead atoms. The van der Waals surface area contributed by atoms with Crippen LogP contribution in [0.2, 0.25) is 0 Å². The zero-order chi connectivity index (χ0) is 71.9. The predicted molar refractivity (Wildman–Crippen MR) is 357 cm³/mol. The number of carbonyl (C=O) groups excluding carboxylic acids is 12. The Morgan fingerprint density at radius 1 is 0.612 bits per heavy atom. The highest BCUT2D eigenvalue weighted by atomic mass is 19.4. The van der Waals surface area contributed by atoms with E-state index in [9.17, 15) is 51.5 Å². The lowest BCUT2D eigenvalue weighted by Crippen LogP contribution is -2.65. The lowest BCUT2D eigenvalue weighted by Gasteiger charge is -2.43. The number of likely N-dealkylation sites (N-methyl/N-ethyl adjacent to an activating group) is 7. The molecular formula is C70H107F3N12O13. The van der Waals surface area contributed by atoms with Gasteiger partial charge >= 0.3 is 6.18 Å². The van der Waals surface area contributed by atoms with Gasteiger partial charge in [0.05, 0.1) is 38.2 Å². The van der Waals surface area contributed by atoms with Gasteiger partial charge in [-0.2, -0.15) is 13.2 Å². The van der Waals surface area contributed by atoms with Crippen LogP contribution in [0.3, 0.4) is 0 Å². The molecule has 98 heavy (non-hydrogen) atoms. The molecule has 0 radical (unpaired) electrons. The Morgan fingerprint density at radius 2 is 1.20 bits per heavy atom. The van der Waals surface area contributed by atoms with E-state index in [0.717, 1.165) is 102 Å². The number of ether oxygens (including phenoxy) is 1. The SMILES string of the molecule is CC[C@H](C)[C@@H]1NC(=O)[C@H](C)N(C)C(=O)C[C@@H](C(=O)N2CCCCC2)N(C)C(=O)[C@H](C2CCCCC2)N(C)C(=O)C2(CCCC2)NC(=O)[C@@H]2CCCN2C(=O)[C@H](CCOc2ccc(C(F)(F)F)cc2)NC(=O)CN(C)C(=O)[C@H](CC2CCCCC2)N(C)C(=O)CN(C)C(=O)CN(C)C1=O. The summed E-state index contributed by atoms with van der Waals surface area (Å²) >= 11 is 0. The van der Waals surface area contributed by atoms with Gasteiger partial charge in [0.25, 0.3) is 0 Å². The van der Waals surface area contributed by atoms with Gasteiger partial charge in [-0.15, -0.1) is 0 Å². The summed E-state index contributed by atoms with van der Waals surface area (Å²) < 4.78 is 46.4. The number of piperidine rings is 1. The van der Waals surface area contributed by atoms with Gasteiger partial charge in [-0.3, -0.25) is 57.5 Å². The normalized spacial score (nSPS) is 27.1. The number of hydrogen-bond donors (Lipinski definition) is 3. The molecule has 7 rings (SSSR count). The smallest absolute Gasteiger partial charge is 0.416 e. The van der Waals surface area contributed by atoms with Crippen LogP contribution in [0.5, 0.6) is 5.75 Å². The summed E-state index contributed by atoms with van der Waals surface area (Å²) in [5.41, 5.74) is -2.47. The van der Waals surface area contributed by atoms with Crippen LogP contribution in [-0.4, -0.2) is 258 Å². The van der Waals surface area contributed by atoms with Gasteiger partial charge < -0.3 is 64.8 Å². The van der Waals surface area contributed by atoms with Crippen molar-refractivity contribution in [1.29, 1.82) is 0 Å². The third-order valence-electron chi connectivity index (χ3n) is 21.6. The molecule has 3 aliphatic carbocycles. The fourth-order valence-electron chi connectivity index (χ4n) is 15.0. The number of nitrogens with one attached hydrogen (secondary N) is 3. The molecule has 1 aromatic carbocycles. The Balaban J connectivity index is 1.25. The number of amides is 12. The zero-order valence-electron chi connectivity index (χ0n) is 59.3. The van der Waals surface area contributed by atoms with E-state index in [-0.39, 0.29) is 56.9 Å². The Hall–Kier alpha value is -7.55. The molecule has 0 unspecified atom stereocenters. The molecule has 3 N–H and O–H groups in total. The van der Waals surface area contributed by atoms with Crippen LogP contribution in [0.25, 0.3) is 0 Å². The molecule has 546 valence electrons. The van der Waals surface area contributed by atoms with E-state index >= 15 is 19.2 Å². The van der Waals surface area contributed by atoms with Crippen molar-refractivity contribution in [3.8, 4) is 5.75 Å². The van der Waals surface area contributed by atoms with Crippen molar-refractivity contribution in [2.24, 2.45) is 17.8 Å². The van der Waals surface area contributed by atoms with Gasteiger partial charge in [-0.1, -0.05) is 84.5 Å². The highest BCUT2D eigenvalue weighted by Crippen LogP contribution is 2.38. The van der Waals surface area contributed by atoms with Crippen LogP contribution in [0, 0.1) is 17.8 Å². The number of hydrogen-bond acceptors (Lipinski definition) is 13. The molecule has 0 aromatic heterocycles. The highest BCUT2D eigenvalue weighted by molar-refractivity contribution is 6.00. The monoisotopic (exact) mass is 1380 g/mol. The molecule has 6 aliphatic rings. The lowest BCUT2D eigenvalue weighted by atomic mass is 9.81. The first-order valence-corrected chi connectivity index (χ1v) is 35.5. The van der Waals surface area contributed by atoms with Gasteiger partial charge in [0, 0.05) is 75.4 Å². The number of nitrogens with zero attached hydrogens (tertiary/aromatic N) is 9. The third kappa shape index (κ3) is 19.5. The predicted octanol–water partition coefficient (Wildman–Crippen LogP) is 4.58. The minimum Gasteiger partial charge on any atom is -0.494 e. The van der Waals surface area contributed by atoms with Crippen LogP contribution in [-0.2, 0) is 63.7 Å². The number of fused-ring (bicyclic) bond motifs is 1. The van der Waals surface area contributed by atoms with Gasteiger partial charge in [0.1, 0.15) is 53.6 Å². The fraction of sp³-hybridized carbons (Fsp3) is 0.743. The minimum absolute atomic E-state index is 0.0275. The van der Waals surface area contributed by atoms with Crippen LogP contribution in [0.1, 0.15) is 174 Å². The maximum atomic E-state index is 15.7. The largest absolute Gasteiger partial charge is 0.494 e. The maximum absolute atomic E-state index is 15.7. The van der Waals surface area contributed by atoms with E-state index in [0.29, 0.717) is 64.5 Å². The van der Waals surface area contributed by atoms with Crippen molar-refractivity contribution in [3.63, 3.8) is 0 Å². The summed E-state index contributed by atoms with van der Waals surface area (Å²) in [6.45, 7) is 3.88. The Kier molecular flexibility index (Phi) is 27.8. The summed E-state index contributed by atoms with van der Waals surface area (Å²) in [7, 11) is 9.93. The molecule has 12 amide bonds. The third-order valence-corrected chi connectivity index (χ3v) is 21.6. The number of alkyl halides is 3. The van der Waals surface area contributed by atoms with Crippen LogP contribution in [0.15, 0.2) is 24.3 Å². The highest BCUT2D eigenvalue weighted by Gasteiger charge is 2.51. The van der Waals surface area contributed by atoms with E-state index in [2.05, 4.69) is 16.0 Å². The molecular weight excluding hydrogens is 1270 g/mol. The molecule has 8 atom stereocenters. The number of carbonyl (C=O) groups is 12. The van der Waals surface area contributed by atoms with Gasteiger partial charge in [0.15, 0.2) is 0 Å². The second-order valence-corrected chi connectivity index (χ2v) is 28.5. The first-order valence-electron chi connectivity index (χ1n) is 35.5. The quantitative estimate of drug-likeness (QED) is 0.290. The van der Waals surface area contributed by atoms with Crippen molar-refractivity contribution < 1.29 is 75.4 Å². The Labute approximate surface area is 575 Å². The summed E-state index contributed by atoms with van der Waals surface area (Å²) in [5, 5.41) is 8.63. The van der Waals surface area contributed by atoms with Crippen molar-refractivity contribution in [1.82, 2.24) is 60.0 Å². The minimum atomic E-state index is -4.62. The van der Waals surface area contributed by atoms with E-state index in [1.54, 1.807) is 11.8 Å². The molecule has 25 nitrogen and oxygen atoms in total. The number of benzene rings is 1. The molecule has 3 aliphatic heterocycles. The molecule has 1 spiro atoms. The standard InChI is InChI=1S/C70H107F3N12O13/c1-11-45(2)59-66(95)79(6)43-57(88)77(4)44-58(89)81(8)53(40-47-24-15-12-16-25-47)64(93)78(5)42-55(86)74-51(33-39-98-50-31-29-49(30-32-50)70(71,72)73)63(92)85-38-23-28-52(85)62(91)76-69(34-19-20-35-69)68(97)83(10)60(48-26-17-13-18-27-48)67(96)82(9)54(65(94)84-36-21-14-22-37-84)41-56(87)80(7)46(3)61(90)75-59/h29-32,45-48,51-54,59-60H,11-28,33-44H2,1-10H3,(H,74,86)(H,75,90)(H,76,91)/t45-,46-,51-,52-,53-,54-,59-,60-/m0/s1. The van der Waals surface area contributed by atoms with E-state index in [4.69, 9.17) is 4.74 Å². The summed E-state index contributed by atoms with van der Waals surface area (Å²) in [4.78, 5) is 189. The first-order chi connectivity index (χ1) is 46.4. The van der Waals surface area contributed by atoms with Gasteiger partial charge in [-0.05, 0) is 113 Å². The molecule has 1 aromatic rings. The molecule has 3 saturated heterocycles. The first kappa shape index (κ1) is 77.8. The topological polar surface area (TPSA) is 279 Å². The van der Waals surface area contributed by atoms with Gasteiger partial charge in [-0.25, -0.2) is 0 Å². The molecule has 3 heterocycles. The Bertz CT molecular complexity index is 3000. The van der Waals surface area contributed by atoms with Crippen LogP contribution in [0.4, 0.5) is 13.2 Å². The molecule has 3 saturated carbocycles. The lowest BCUT2D eigenvalue weighted by molar-refractivity contribution is -0.157. The average molecular weight is 1380 g/mol.